The number of nitrogens with zero attached hydrogens (tertiary/aromatic N) is 4. The number of rotatable bonds is 5. The Balaban J connectivity index is 1.54. The third-order valence-corrected chi connectivity index (χ3v) is 6.90. The largest absolute Gasteiger partial charge is 0.369 e. The summed E-state index contributed by atoms with van der Waals surface area (Å²) in [6.45, 7) is 3.98. The molecule has 9 nitrogen and oxygen atoms in total. The highest BCUT2D eigenvalue weighted by Crippen LogP contribution is 2.28. The van der Waals surface area contributed by atoms with Crippen LogP contribution in [0.2, 0.25) is 0 Å². The van der Waals surface area contributed by atoms with Crippen LogP contribution >= 0.6 is 0 Å². The van der Waals surface area contributed by atoms with Crippen molar-refractivity contribution >= 4 is 21.7 Å². The first kappa shape index (κ1) is 20.4. The Bertz CT molecular complexity index is 1130. The predicted octanol–water partition coefficient (Wildman–Crippen LogP) is 2.46. The van der Waals surface area contributed by atoms with E-state index in [2.05, 4.69) is 25.5 Å². The third-order valence-electron chi connectivity index (χ3n) is 4.77. The smallest absolute Gasteiger partial charge is 0.246 e. The Morgan fingerprint density at radius 1 is 1.23 bits per heavy atom. The summed E-state index contributed by atoms with van der Waals surface area (Å²) in [5.74, 6) is 0.514. The van der Waals surface area contributed by atoms with Gasteiger partial charge in [0, 0.05) is 13.1 Å². The molecule has 0 amide bonds. The molecule has 0 saturated carbocycles. The molecule has 1 saturated heterocycles. The van der Waals surface area contributed by atoms with Gasteiger partial charge in [0.05, 0.1) is 29.9 Å². The molecule has 0 aliphatic carbocycles. The minimum Gasteiger partial charge on any atom is -0.369 e. The lowest BCUT2D eigenvalue weighted by molar-refractivity contribution is -0.00488. The molecule has 0 bridgehead atoms. The maximum absolute atomic E-state index is 13.1. The van der Waals surface area contributed by atoms with Gasteiger partial charge in [0.25, 0.3) is 0 Å². The fraction of sp³-hybridized carbons (Fsp3) is 0.316. The van der Waals surface area contributed by atoms with Crippen LogP contribution in [-0.2, 0) is 14.8 Å². The molecule has 1 fully saturated rings. The van der Waals surface area contributed by atoms with E-state index < -0.39 is 21.9 Å². The number of hydrogen-bond donors (Lipinski definition) is 2. The Kier molecular flexibility index (Phi) is 5.50. The van der Waals surface area contributed by atoms with Crippen molar-refractivity contribution in [3.63, 3.8) is 0 Å². The Labute approximate surface area is 173 Å². The lowest BCUT2D eigenvalue weighted by Gasteiger charge is -2.32. The summed E-state index contributed by atoms with van der Waals surface area (Å²) < 4.78 is 46.5. The van der Waals surface area contributed by atoms with Gasteiger partial charge >= 0.3 is 0 Å². The summed E-state index contributed by atoms with van der Waals surface area (Å²) in [4.78, 5) is 8.67. The number of aryl methyl sites for hydroxylation is 2. The second-order valence-electron chi connectivity index (χ2n) is 6.92. The van der Waals surface area contributed by atoms with Crippen LogP contribution in [-0.4, -0.2) is 52.6 Å². The van der Waals surface area contributed by atoms with E-state index in [1.165, 1.54) is 16.4 Å². The first-order valence-corrected chi connectivity index (χ1v) is 10.8. The molecule has 3 aromatic heterocycles. The normalized spacial score (nSPS) is 17.8. The third kappa shape index (κ3) is 4.04. The summed E-state index contributed by atoms with van der Waals surface area (Å²) in [5, 5.41) is 9.72. The number of anilines is 2. The molecule has 4 rings (SSSR count). The zero-order valence-electron chi connectivity index (χ0n) is 16.5. The van der Waals surface area contributed by atoms with Crippen molar-refractivity contribution in [2.75, 3.05) is 25.0 Å². The highest BCUT2D eigenvalue weighted by atomic mass is 32.2. The number of halogens is 1. The number of hydrogen-bond acceptors (Lipinski definition) is 7. The van der Waals surface area contributed by atoms with Crippen molar-refractivity contribution in [1.29, 1.82) is 0 Å². The molecule has 0 radical (unpaired) electrons. The topological polar surface area (TPSA) is 113 Å². The van der Waals surface area contributed by atoms with E-state index >= 15 is 0 Å². The molecule has 0 unspecified atom stereocenters. The fourth-order valence-corrected chi connectivity index (χ4v) is 5.11. The number of ether oxygens (including phenoxy) is 1. The quantitative estimate of drug-likeness (QED) is 0.637. The average Bonchev–Trinajstić information content (AvgIpc) is 3.09. The first-order valence-electron chi connectivity index (χ1n) is 9.33. The molecule has 1 aliphatic heterocycles. The van der Waals surface area contributed by atoms with Crippen LogP contribution in [0.5, 0.6) is 0 Å². The molecule has 158 valence electrons. The Morgan fingerprint density at radius 2 is 2.07 bits per heavy atom. The van der Waals surface area contributed by atoms with E-state index in [1.54, 1.807) is 32.0 Å². The van der Waals surface area contributed by atoms with Crippen LogP contribution in [0.1, 0.15) is 23.2 Å². The second kappa shape index (κ2) is 8.09. The zero-order chi connectivity index (χ0) is 21.3. The number of morpholine rings is 1. The van der Waals surface area contributed by atoms with E-state index in [0.717, 1.165) is 6.20 Å². The summed E-state index contributed by atoms with van der Waals surface area (Å²) in [7, 11) is -3.71. The average molecular weight is 432 g/mol. The van der Waals surface area contributed by atoms with Crippen LogP contribution in [0.15, 0.2) is 41.4 Å². The first-order chi connectivity index (χ1) is 14.3. The van der Waals surface area contributed by atoms with Gasteiger partial charge in [0.1, 0.15) is 28.5 Å². The zero-order valence-corrected chi connectivity index (χ0v) is 17.3. The van der Waals surface area contributed by atoms with E-state index in [0.29, 0.717) is 28.7 Å². The van der Waals surface area contributed by atoms with E-state index in [4.69, 9.17) is 4.74 Å². The maximum Gasteiger partial charge on any atom is 0.246 e. The number of aromatic amines is 1. The van der Waals surface area contributed by atoms with Gasteiger partial charge in [-0.1, -0.05) is 6.07 Å². The highest BCUT2D eigenvalue weighted by molar-refractivity contribution is 7.89. The second-order valence-corrected chi connectivity index (χ2v) is 8.79. The van der Waals surface area contributed by atoms with Crippen molar-refractivity contribution in [3.8, 4) is 0 Å². The molecule has 1 aliphatic rings. The van der Waals surface area contributed by atoms with Crippen molar-refractivity contribution in [1.82, 2.24) is 24.5 Å². The van der Waals surface area contributed by atoms with Crippen LogP contribution in [0.4, 0.5) is 16.0 Å². The Morgan fingerprint density at radius 3 is 2.77 bits per heavy atom. The minimum atomic E-state index is -3.71. The lowest BCUT2D eigenvalue weighted by Crippen LogP contribution is -2.42. The molecular formula is C19H21FN6O3S. The van der Waals surface area contributed by atoms with Gasteiger partial charge in [-0.25, -0.2) is 22.8 Å². The van der Waals surface area contributed by atoms with Crippen LogP contribution in [0.25, 0.3) is 0 Å². The number of aromatic nitrogens is 4. The molecular weight excluding hydrogens is 411 g/mol. The number of nitrogens with one attached hydrogen (secondary N) is 2. The number of H-pyrrole nitrogens is 1. The van der Waals surface area contributed by atoms with Gasteiger partial charge in [-0.15, -0.1) is 0 Å². The number of pyridine rings is 2. The van der Waals surface area contributed by atoms with Crippen LogP contribution < -0.4 is 5.32 Å². The van der Waals surface area contributed by atoms with Gasteiger partial charge < -0.3 is 10.1 Å². The molecule has 0 aromatic carbocycles. The standard InChI is InChI=1S/C19H21FN6O3S/c1-12-19(13(2)25-24-12)30(27,28)26-8-9-29-16(11-26)15-4-3-5-18(22-15)23-17-7-6-14(20)10-21-17/h3-7,10,16H,8-9,11H2,1-2H3,(H,24,25)(H,21,22,23)/t16-/m0/s1. The SMILES string of the molecule is Cc1n[nH]c(C)c1S(=O)(=O)N1CCO[C@H](c2cccc(Nc3ccc(F)cn3)n2)C1. The molecule has 30 heavy (non-hydrogen) atoms. The summed E-state index contributed by atoms with van der Waals surface area (Å²) in [5.41, 5.74) is 1.53. The van der Waals surface area contributed by atoms with Gasteiger partial charge in [0.15, 0.2) is 0 Å². The minimum absolute atomic E-state index is 0.137. The van der Waals surface area contributed by atoms with E-state index in [-0.39, 0.29) is 24.6 Å². The molecule has 2 N–H and O–H groups in total. The van der Waals surface area contributed by atoms with Crippen LogP contribution in [0, 0.1) is 19.7 Å². The fourth-order valence-electron chi connectivity index (χ4n) is 3.35. The summed E-state index contributed by atoms with van der Waals surface area (Å²) in [6, 6.07) is 8.11. The van der Waals surface area contributed by atoms with Gasteiger partial charge in [-0.3, -0.25) is 5.10 Å². The molecule has 11 heteroatoms. The Hall–Kier alpha value is -2.89. The van der Waals surface area contributed by atoms with Crippen LogP contribution in [0.3, 0.4) is 0 Å². The van der Waals surface area contributed by atoms with Crippen molar-refractivity contribution < 1.29 is 17.5 Å². The predicted molar refractivity (Wildman–Crippen MR) is 107 cm³/mol. The molecule has 3 aromatic rings. The molecule has 1 atom stereocenters. The van der Waals surface area contributed by atoms with Gasteiger partial charge in [-0.2, -0.15) is 9.40 Å². The van der Waals surface area contributed by atoms with E-state index in [9.17, 15) is 12.8 Å². The van der Waals surface area contributed by atoms with Crippen molar-refractivity contribution in [2.45, 2.75) is 24.8 Å². The maximum atomic E-state index is 13.1. The van der Waals surface area contributed by atoms with Crippen molar-refractivity contribution in [3.05, 3.63) is 59.4 Å². The molecule has 0 spiro atoms. The highest BCUT2D eigenvalue weighted by Gasteiger charge is 2.35. The summed E-state index contributed by atoms with van der Waals surface area (Å²) in [6.07, 6.45) is 0.586. The molecule has 4 heterocycles. The lowest BCUT2D eigenvalue weighted by atomic mass is 10.2. The van der Waals surface area contributed by atoms with E-state index in [1.807, 2.05) is 0 Å². The van der Waals surface area contributed by atoms with Crippen molar-refractivity contribution in [2.24, 2.45) is 0 Å². The number of sulfonamides is 1. The van der Waals surface area contributed by atoms with Gasteiger partial charge in [0.2, 0.25) is 10.0 Å². The monoisotopic (exact) mass is 432 g/mol. The van der Waals surface area contributed by atoms with Gasteiger partial charge in [-0.05, 0) is 38.1 Å². The summed E-state index contributed by atoms with van der Waals surface area (Å²) >= 11 is 0.